The van der Waals surface area contributed by atoms with Gasteiger partial charge in [-0.25, -0.2) is 0 Å². The fraction of sp³-hybridized carbons (Fsp3) is 0.176. The lowest BCUT2D eigenvalue weighted by Gasteiger charge is -2.23. The van der Waals surface area contributed by atoms with E-state index >= 15 is 0 Å². The Balaban J connectivity index is 0.00000208. The lowest BCUT2D eigenvalue weighted by atomic mass is 10.2. The topological polar surface area (TPSA) is 79.5 Å². The van der Waals surface area contributed by atoms with E-state index in [1.54, 1.807) is 18.2 Å². The summed E-state index contributed by atoms with van der Waals surface area (Å²) in [5.41, 5.74) is 0.614. The summed E-state index contributed by atoms with van der Waals surface area (Å²) in [6.45, 7) is 0.655. The van der Waals surface area contributed by atoms with Crippen LogP contribution in [0.25, 0.3) is 0 Å². The van der Waals surface area contributed by atoms with Crippen molar-refractivity contribution in [3.63, 3.8) is 0 Å². The Labute approximate surface area is 146 Å². The Bertz CT molecular complexity index is 709. The molecule has 0 bridgehead atoms. The second kappa shape index (κ2) is 8.33. The number of amides is 2. The highest BCUT2D eigenvalue weighted by Crippen LogP contribution is 2.23. The third-order valence-electron chi connectivity index (χ3n) is 3.37. The van der Waals surface area contributed by atoms with Gasteiger partial charge in [0.25, 0.3) is 0 Å². The largest absolute Gasteiger partial charge is 0.457 e. The van der Waals surface area contributed by atoms with Gasteiger partial charge in [0, 0.05) is 18.3 Å². The van der Waals surface area contributed by atoms with Gasteiger partial charge in [-0.3, -0.25) is 9.59 Å². The molecular weight excluding hydrogens is 330 g/mol. The Morgan fingerprint density at radius 3 is 2.58 bits per heavy atom. The van der Waals surface area contributed by atoms with Crippen molar-refractivity contribution in [3.8, 4) is 11.5 Å². The normalized spacial score (nSPS) is 16.5. The van der Waals surface area contributed by atoms with E-state index in [1.807, 2.05) is 36.4 Å². The van der Waals surface area contributed by atoms with Crippen LogP contribution in [0, 0.1) is 0 Å². The van der Waals surface area contributed by atoms with E-state index in [9.17, 15) is 9.59 Å². The Kier molecular flexibility index (Phi) is 6.17. The molecule has 0 spiro atoms. The highest BCUT2D eigenvalue weighted by Gasteiger charge is 2.24. The van der Waals surface area contributed by atoms with Crippen molar-refractivity contribution in [2.24, 2.45) is 0 Å². The predicted octanol–water partition coefficient (Wildman–Crippen LogP) is 1.93. The molecule has 0 radical (unpaired) electrons. The number of piperazine rings is 1. The maximum absolute atomic E-state index is 12.2. The molecular formula is C17H18ClN3O3. The van der Waals surface area contributed by atoms with Crippen molar-refractivity contribution in [1.82, 2.24) is 10.6 Å². The van der Waals surface area contributed by atoms with E-state index < -0.39 is 6.04 Å². The van der Waals surface area contributed by atoms with Gasteiger partial charge >= 0.3 is 0 Å². The molecule has 2 amide bonds. The summed E-state index contributed by atoms with van der Waals surface area (Å²) in [5, 5.41) is 8.33. The van der Waals surface area contributed by atoms with Crippen LogP contribution in [0.15, 0.2) is 54.6 Å². The molecule has 3 N–H and O–H groups in total. The summed E-state index contributed by atoms with van der Waals surface area (Å²) in [7, 11) is 0. The lowest BCUT2D eigenvalue weighted by Crippen LogP contribution is -2.57. The summed E-state index contributed by atoms with van der Waals surface area (Å²) in [4.78, 5) is 23.5. The average molecular weight is 348 g/mol. The van der Waals surface area contributed by atoms with Gasteiger partial charge in [0.15, 0.2) is 0 Å². The molecule has 2 aromatic rings. The first-order valence-electron chi connectivity index (χ1n) is 7.34. The van der Waals surface area contributed by atoms with E-state index in [0.29, 0.717) is 18.0 Å². The SMILES string of the molecule is Cl.O=C1CNCC(C(=O)Nc2cccc(Oc3ccccc3)c2)N1. The van der Waals surface area contributed by atoms with Gasteiger partial charge in [-0.2, -0.15) is 0 Å². The van der Waals surface area contributed by atoms with Crippen molar-refractivity contribution in [2.45, 2.75) is 6.04 Å². The second-order valence-corrected chi connectivity index (χ2v) is 5.18. The Morgan fingerprint density at radius 1 is 1.08 bits per heavy atom. The van der Waals surface area contributed by atoms with E-state index in [0.717, 1.165) is 5.75 Å². The molecule has 0 aromatic heterocycles. The monoisotopic (exact) mass is 347 g/mol. The van der Waals surface area contributed by atoms with Gasteiger partial charge in [-0.05, 0) is 24.3 Å². The molecule has 2 aromatic carbocycles. The molecule has 1 heterocycles. The van der Waals surface area contributed by atoms with Gasteiger partial charge in [0.1, 0.15) is 17.5 Å². The van der Waals surface area contributed by atoms with Crippen LogP contribution in [0.5, 0.6) is 11.5 Å². The maximum atomic E-state index is 12.2. The van der Waals surface area contributed by atoms with Crippen LogP contribution in [0.2, 0.25) is 0 Å². The average Bonchev–Trinajstić information content (AvgIpc) is 2.56. The van der Waals surface area contributed by atoms with Crippen molar-refractivity contribution >= 4 is 29.9 Å². The smallest absolute Gasteiger partial charge is 0.248 e. The molecule has 1 aliphatic rings. The predicted molar refractivity (Wildman–Crippen MR) is 93.6 cm³/mol. The molecule has 1 unspecified atom stereocenters. The van der Waals surface area contributed by atoms with Crippen molar-refractivity contribution in [1.29, 1.82) is 0 Å². The van der Waals surface area contributed by atoms with E-state index in [-0.39, 0.29) is 30.8 Å². The fourth-order valence-corrected chi connectivity index (χ4v) is 2.28. The van der Waals surface area contributed by atoms with E-state index in [2.05, 4.69) is 16.0 Å². The number of benzene rings is 2. The minimum Gasteiger partial charge on any atom is -0.457 e. The third-order valence-corrected chi connectivity index (χ3v) is 3.37. The van der Waals surface area contributed by atoms with Gasteiger partial charge in [-0.15, -0.1) is 12.4 Å². The molecule has 3 rings (SSSR count). The third kappa shape index (κ3) is 4.71. The number of hydrogen-bond acceptors (Lipinski definition) is 4. The van der Waals surface area contributed by atoms with Crippen LogP contribution in [-0.4, -0.2) is 30.9 Å². The minimum atomic E-state index is -0.574. The molecule has 0 aliphatic carbocycles. The maximum Gasteiger partial charge on any atom is 0.248 e. The molecule has 1 saturated heterocycles. The van der Waals surface area contributed by atoms with E-state index in [1.165, 1.54) is 0 Å². The number of hydrogen-bond donors (Lipinski definition) is 3. The zero-order valence-corrected chi connectivity index (χ0v) is 13.6. The van der Waals surface area contributed by atoms with Crippen LogP contribution in [0.3, 0.4) is 0 Å². The molecule has 1 fully saturated rings. The van der Waals surface area contributed by atoms with E-state index in [4.69, 9.17) is 4.74 Å². The summed E-state index contributed by atoms with van der Waals surface area (Å²) < 4.78 is 5.73. The Hall–Kier alpha value is -2.57. The highest BCUT2D eigenvalue weighted by atomic mass is 35.5. The van der Waals surface area contributed by atoms with Gasteiger partial charge in [0.2, 0.25) is 11.8 Å². The highest BCUT2D eigenvalue weighted by molar-refractivity contribution is 5.98. The van der Waals surface area contributed by atoms with Crippen LogP contribution < -0.4 is 20.7 Å². The lowest BCUT2D eigenvalue weighted by molar-refractivity contribution is -0.127. The number of anilines is 1. The van der Waals surface area contributed by atoms with Gasteiger partial charge in [0.05, 0.1) is 6.54 Å². The number of rotatable bonds is 4. The standard InChI is InChI=1S/C17H17N3O3.ClH/c21-16-11-18-10-15(20-16)17(22)19-12-5-4-8-14(9-12)23-13-6-2-1-3-7-13;/h1-9,15,18H,10-11H2,(H,19,22)(H,20,21);1H. The summed E-state index contributed by atoms with van der Waals surface area (Å²) in [6, 6.07) is 15.9. The number of nitrogens with one attached hydrogen (secondary N) is 3. The molecule has 6 nitrogen and oxygen atoms in total. The molecule has 1 aliphatic heterocycles. The van der Waals surface area contributed by atoms with Crippen LogP contribution in [0.4, 0.5) is 5.69 Å². The molecule has 126 valence electrons. The first-order valence-corrected chi connectivity index (χ1v) is 7.34. The minimum absolute atomic E-state index is 0. The summed E-state index contributed by atoms with van der Waals surface area (Å²) >= 11 is 0. The second-order valence-electron chi connectivity index (χ2n) is 5.18. The van der Waals surface area contributed by atoms with Crippen LogP contribution >= 0.6 is 12.4 Å². The first kappa shape index (κ1) is 17.8. The van der Waals surface area contributed by atoms with Crippen molar-refractivity contribution < 1.29 is 14.3 Å². The van der Waals surface area contributed by atoms with Crippen LogP contribution in [-0.2, 0) is 9.59 Å². The molecule has 24 heavy (non-hydrogen) atoms. The molecule has 7 heteroatoms. The van der Waals surface area contributed by atoms with Crippen molar-refractivity contribution in [2.75, 3.05) is 18.4 Å². The zero-order chi connectivity index (χ0) is 16.1. The summed E-state index contributed by atoms with van der Waals surface area (Å²) in [6.07, 6.45) is 0. The van der Waals surface area contributed by atoms with Crippen molar-refractivity contribution in [3.05, 3.63) is 54.6 Å². The van der Waals surface area contributed by atoms with Gasteiger partial charge < -0.3 is 20.7 Å². The zero-order valence-electron chi connectivity index (χ0n) is 12.8. The number of ether oxygens (including phenoxy) is 1. The Morgan fingerprint density at radius 2 is 1.83 bits per heavy atom. The number of carbonyl (C=O) groups is 2. The summed E-state index contributed by atoms with van der Waals surface area (Å²) in [5.74, 6) is 0.902. The number of halogens is 1. The number of para-hydroxylation sites is 1. The van der Waals surface area contributed by atoms with Crippen LogP contribution in [0.1, 0.15) is 0 Å². The quantitative estimate of drug-likeness (QED) is 0.789. The first-order chi connectivity index (χ1) is 11.2. The fourth-order valence-electron chi connectivity index (χ4n) is 2.28. The van der Waals surface area contributed by atoms with Gasteiger partial charge in [-0.1, -0.05) is 24.3 Å². The number of carbonyl (C=O) groups excluding carboxylic acids is 2. The molecule has 0 saturated carbocycles. The molecule has 1 atom stereocenters.